The molecule has 0 bridgehead atoms. The third-order valence-electron chi connectivity index (χ3n) is 3.62. The van der Waals surface area contributed by atoms with E-state index in [0.717, 1.165) is 35.4 Å². The normalized spacial score (nSPS) is 10.7. The summed E-state index contributed by atoms with van der Waals surface area (Å²) >= 11 is 0. The maximum Gasteiger partial charge on any atom is 0.137 e. The number of fused-ring (bicyclic) bond motifs is 1. The van der Waals surface area contributed by atoms with Crippen LogP contribution in [0.1, 0.15) is 17.5 Å². The summed E-state index contributed by atoms with van der Waals surface area (Å²) in [5.74, 6) is 1.82. The molecule has 118 valence electrons. The molecule has 3 rings (SSSR count). The first-order valence-corrected chi connectivity index (χ1v) is 7.87. The molecule has 0 aliphatic carbocycles. The van der Waals surface area contributed by atoms with E-state index in [1.54, 1.807) is 6.33 Å². The zero-order chi connectivity index (χ0) is 16.1. The number of anilines is 1. The highest BCUT2D eigenvalue weighted by Crippen LogP contribution is 2.18. The van der Waals surface area contributed by atoms with Gasteiger partial charge in [0.2, 0.25) is 0 Å². The van der Waals surface area contributed by atoms with Crippen LogP contribution in [0, 0.1) is 13.8 Å². The van der Waals surface area contributed by atoms with Gasteiger partial charge in [0.05, 0.1) is 12.1 Å². The number of nitrogens with zero attached hydrogens (tertiary/aromatic N) is 2. The van der Waals surface area contributed by atoms with E-state index in [1.807, 2.05) is 24.3 Å². The van der Waals surface area contributed by atoms with Crippen LogP contribution in [-0.4, -0.2) is 23.1 Å². The van der Waals surface area contributed by atoms with Crippen molar-refractivity contribution in [3.8, 4) is 5.75 Å². The lowest BCUT2D eigenvalue weighted by atomic mass is 10.1. The van der Waals surface area contributed by atoms with Gasteiger partial charge >= 0.3 is 0 Å². The molecular formula is C19H21N3O. The minimum absolute atomic E-state index is 0.679. The van der Waals surface area contributed by atoms with E-state index in [9.17, 15) is 0 Å². The quantitative estimate of drug-likeness (QED) is 0.696. The summed E-state index contributed by atoms with van der Waals surface area (Å²) in [7, 11) is 0. The highest BCUT2D eigenvalue weighted by molar-refractivity contribution is 5.88. The van der Waals surface area contributed by atoms with Gasteiger partial charge in [0, 0.05) is 11.9 Å². The minimum Gasteiger partial charge on any atom is -0.494 e. The predicted molar refractivity (Wildman–Crippen MR) is 94.1 cm³/mol. The molecule has 0 fully saturated rings. The van der Waals surface area contributed by atoms with Crippen molar-refractivity contribution in [1.82, 2.24) is 9.97 Å². The Balaban J connectivity index is 1.51. The maximum atomic E-state index is 5.82. The second-order valence-corrected chi connectivity index (χ2v) is 5.69. The van der Waals surface area contributed by atoms with Crippen LogP contribution in [0.2, 0.25) is 0 Å². The fourth-order valence-corrected chi connectivity index (χ4v) is 2.63. The van der Waals surface area contributed by atoms with Crippen LogP contribution in [0.25, 0.3) is 10.9 Å². The number of aromatic nitrogens is 2. The third-order valence-corrected chi connectivity index (χ3v) is 3.62. The number of rotatable bonds is 6. The Morgan fingerprint density at radius 3 is 2.61 bits per heavy atom. The van der Waals surface area contributed by atoms with E-state index < -0.39 is 0 Å². The fourth-order valence-electron chi connectivity index (χ4n) is 2.63. The number of para-hydroxylation sites is 1. The van der Waals surface area contributed by atoms with Crippen LogP contribution in [0.15, 0.2) is 48.8 Å². The first kappa shape index (κ1) is 15.3. The molecule has 0 saturated heterocycles. The highest BCUT2D eigenvalue weighted by Gasteiger charge is 2.02. The van der Waals surface area contributed by atoms with E-state index in [2.05, 4.69) is 47.3 Å². The van der Waals surface area contributed by atoms with Crippen LogP contribution in [0.4, 0.5) is 5.82 Å². The molecule has 0 radical (unpaired) electrons. The summed E-state index contributed by atoms with van der Waals surface area (Å²) in [4.78, 5) is 8.59. The van der Waals surface area contributed by atoms with Gasteiger partial charge in [-0.15, -0.1) is 0 Å². The molecule has 2 aromatic carbocycles. The van der Waals surface area contributed by atoms with E-state index in [4.69, 9.17) is 4.74 Å². The minimum atomic E-state index is 0.679. The van der Waals surface area contributed by atoms with E-state index >= 15 is 0 Å². The molecule has 1 N–H and O–H groups in total. The lowest BCUT2D eigenvalue weighted by Crippen LogP contribution is -2.09. The molecule has 1 heterocycles. The zero-order valence-corrected chi connectivity index (χ0v) is 13.5. The molecule has 0 spiro atoms. The Kier molecular flexibility index (Phi) is 4.71. The summed E-state index contributed by atoms with van der Waals surface area (Å²) in [6, 6.07) is 14.3. The smallest absolute Gasteiger partial charge is 0.137 e. The van der Waals surface area contributed by atoms with E-state index in [1.165, 1.54) is 11.1 Å². The molecule has 4 nitrogen and oxygen atoms in total. The largest absolute Gasteiger partial charge is 0.494 e. The van der Waals surface area contributed by atoms with Gasteiger partial charge in [0.15, 0.2) is 0 Å². The van der Waals surface area contributed by atoms with Crippen LogP contribution < -0.4 is 10.1 Å². The SMILES string of the molecule is Cc1cc(C)cc(OCCCNc2ncnc3ccccc23)c1. The molecular weight excluding hydrogens is 286 g/mol. The summed E-state index contributed by atoms with van der Waals surface area (Å²) < 4.78 is 5.82. The van der Waals surface area contributed by atoms with Crippen LogP contribution >= 0.6 is 0 Å². The van der Waals surface area contributed by atoms with Crippen molar-refractivity contribution in [3.63, 3.8) is 0 Å². The second kappa shape index (κ2) is 7.09. The van der Waals surface area contributed by atoms with Crippen LogP contribution in [-0.2, 0) is 0 Å². The lowest BCUT2D eigenvalue weighted by molar-refractivity contribution is 0.314. The number of nitrogens with one attached hydrogen (secondary N) is 1. The Morgan fingerprint density at radius 1 is 1.00 bits per heavy atom. The van der Waals surface area contributed by atoms with Gasteiger partial charge in [0.1, 0.15) is 17.9 Å². The molecule has 0 aliphatic rings. The number of aryl methyl sites for hydroxylation is 2. The number of hydrogen-bond acceptors (Lipinski definition) is 4. The van der Waals surface area contributed by atoms with Crippen molar-refractivity contribution in [1.29, 1.82) is 0 Å². The lowest BCUT2D eigenvalue weighted by Gasteiger charge is -2.10. The fraction of sp³-hybridized carbons (Fsp3) is 0.263. The average molecular weight is 307 g/mol. The highest BCUT2D eigenvalue weighted by atomic mass is 16.5. The van der Waals surface area contributed by atoms with Gasteiger partial charge in [-0.1, -0.05) is 18.2 Å². The Bertz CT molecular complexity index is 776. The van der Waals surface area contributed by atoms with Crippen molar-refractivity contribution < 1.29 is 4.74 Å². The molecule has 0 atom stereocenters. The molecule has 0 amide bonds. The third kappa shape index (κ3) is 3.97. The first-order chi connectivity index (χ1) is 11.2. The number of benzene rings is 2. The molecule has 3 aromatic rings. The number of hydrogen-bond donors (Lipinski definition) is 1. The summed E-state index contributed by atoms with van der Waals surface area (Å²) in [6.07, 6.45) is 2.50. The summed E-state index contributed by atoms with van der Waals surface area (Å²) in [5, 5.41) is 4.41. The Hall–Kier alpha value is -2.62. The summed E-state index contributed by atoms with van der Waals surface area (Å²) in [6.45, 7) is 5.66. The van der Waals surface area contributed by atoms with Crippen molar-refractivity contribution in [3.05, 3.63) is 59.9 Å². The van der Waals surface area contributed by atoms with Crippen molar-refractivity contribution >= 4 is 16.7 Å². The number of ether oxygens (including phenoxy) is 1. The Morgan fingerprint density at radius 2 is 1.78 bits per heavy atom. The van der Waals surface area contributed by atoms with Crippen LogP contribution in [0.5, 0.6) is 5.75 Å². The molecule has 0 saturated carbocycles. The summed E-state index contributed by atoms with van der Waals surface area (Å²) in [5.41, 5.74) is 3.41. The predicted octanol–water partition coefficient (Wildman–Crippen LogP) is 4.13. The van der Waals surface area contributed by atoms with Crippen molar-refractivity contribution in [2.45, 2.75) is 20.3 Å². The standard InChI is InChI=1S/C19H21N3O/c1-14-10-15(2)12-16(11-14)23-9-5-8-20-19-17-6-3-4-7-18(17)21-13-22-19/h3-4,6-7,10-13H,5,8-9H2,1-2H3,(H,20,21,22). The van der Waals surface area contributed by atoms with Gasteiger partial charge in [0.25, 0.3) is 0 Å². The van der Waals surface area contributed by atoms with Gasteiger partial charge in [-0.25, -0.2) is 9.97 Å². The van der Waals surface area contributed by atoms with Crippen molar-refractivity contribution in [2.24, 2.45) is 0 Å². The second-order valence-electron chi connectivity index (χ2n) is 5.69. The first-order valence-electron chi connectivity index (χ1n) is 7.87. The van der Waals surface area contributed by atoms with Gasteiger partial charge in [-0.3, -0.25) is 0 Å². The van der Waals surface area contributed by atoms with Gasteiger partial charge < -0.3 is 10.1 Å². The monoisotopic (exact) mass is 307 g/mol. The molecule has 4 heteroatoms. The average Bonchev–Trinajstić information content (AvgIpc) is 2.54. The molecule has 0 aliphatic heterocycles. The molecule has 0 unspecified atom stereocenters. The van der Waals surface area contributed by atoms with E-state index in [-0.39, 0.29) is 0 Å². The molecule has 23 heavy (non-hydrogen) atoms. The van der Waals surface area contributed by atoms with E-state index in [0.29, 0.717) is 6.61 Å². The zero-order valence-electron chi connectivity index (χ0n) is 13.5. The van der Waals surface area contributed by atoms with Crippen molar-refractivity contribution in [2.75, 3.05) is 18.5 Å². The van der Waals surface area contributed by atoms with Gasteiger partial charge in [-0.2, -0.15) is 0 Å². The van der Waals surface area contributed by atoms with Crippen LogP contribution in [0.3, 0.4) is 0 Å². The maximum absolute atomic E-state index is 5.82. The van der Waals surface area contributed by atoms with Gasteiger partial charge in [-0.05, 0) is 55.7 Å². The Labute approximate surface area is 136 Å². The molecule has 1 aromatic heterocycles. The topological polar surface area (TPSA) is 47.0 Å².